The minimum Gasteiger partial charge on any atom is -0.438 e. The van der Waals surface area contributed by atoms with Crippen LogP contribution in [0.4, 0.5) is 0 Å². The number of aryl methyl sites for hydroxylation is 3. The highest BCUT2D eigenvalue weighted by Gasteiger charge is 2.10. The lowest BCUT2D eigenvalue weighted by Crippen LogP contribution is -2.06. The van der Waals surface area contributed by atoms with Gasteiger partial charge in [-0.25, -0.2) is 4.98 Å². The van der Waals surface area contributed by atoms with Gasteiger partial charge in [0.15, 0.2) is 0 Å². The smallest absolute Gasteiger partial charge is 0.222 e. The van der Waals surface area contributed by atoms with Crippen molar-refractivity contribution in [2.45, 2.75) is 34.2 Å². The third-order valence-electron chi connectivity index (χ3n) is 3.54. The molecule has 0 aliphatic rings. The average molecular weight is 270 g/mol. The van der Waals surface area contributed by atoms with E-state index in [1.54, 1.807) is 0 Å². The van der Waals surface area contributed by atoms with Gasteiger partial charge in [-0.2, -0.15) is 0 Å². The summed E-state index contributed by atoms with van der Waals surface area (Å²) in [6, 6.07) is 6.31. The Labute approximate surface area is 121 Å². The lowest BCUT2D eigenvalue weighted by atomic mass is 10.1. The molecule has 0 amide bonds. The highest BCUT2D eigenvalue weighted by atomic mass is 16.5. The molecule has 0 saturated heterocycles. The molecule has 0 unspecified atom stereocenters. The van der Waals surface area contributed by atoms with E-state index >= 15 is 0 Å². The molecule has 0 aliphatic carbocycles. The summed E-state index contributed by atoms with van der Waals surface area (Å²) < 4.78 is 6.05. The van der Waals surface area contributed by atoms with Crippen LogP contribution < -0.4 is 10.1 Å². The molecule has 1 aromatic heterocycles. The molecule has 1 N–H and O–H groups in total. The molecular formula is C17H22N2O. The van der Waals surface area contributed by atoms with E-state index < -0.39 is 0 Å². The Balaban J connectivity index is 2.33. The summed E-state index contributed by atoms with van der Waals surface area (Å²) in [5, 5.41) is 3.13. The first-order valence-electron chi connectivity index (χ1n) is 6.87. The van der Waals surface area contributed by atoms with E-state index in [-0.39, 0.29) is 0 Å². The quantitative estimate of drug-likeness (QED) is 0.917. The normalized spacial score (nSPS) is 10.7. The SMILES string of the molecule is CNCc1cnc(Oc2c(C)ccc(C)c2C)c(C)c1. The molecule has 2 rings (SSSR count). The molecule has 3 nitrogen and oxygen atoms in total. The summed E-state index contributed by atoms with van der Waals surface area (Å²) >= 11 is 0. The summed E-state index contributed by atoms with van der Waals surface area (Å²) in [6.07, 6.45) is 1.86. The maximum Gasteiger partial charge on any atom is 0.222 e. The molecule has 20 heavy (non-hydrogen) atoms. The minimum absolute atomic E-state index is 0.682. The summed E-state index contributed by atoms with van der Waals surface area (Å²) in [5.41, 5.74) is 5.75. The van der Waals surface area contributed by atoms with Crippen LogP contribution in [-0.2, 0) is 6.54 Å². The molecule has 1 aromatic carbocycles. The number of benzene rings is 1. The van der Waals surface area contributed by atoms with E-state index in [1.807, 2.05) is 20.2 Å². The lowest BCUT2D eigenvalue weighted by Gasteiger charge is -2.14. The molecule has 0 radical (unpaired) electrons. The molecular weight excluding hydrogens is 248 g/mol. The van der Waals surface area contributed by atoms with Crippen molar-refractivity contribution in [3.8, 4) is 11.6 Å². The zero-order valence-corrected chi connectivity index (χ0v) is 12.9. The van der Waals surface area contributed by atoms with Gasteiger partial charge < -0.3 is 10.1 Å². The Bertz CT molecular complexity index is 621. The zero-order chi connectivity index (χ0) is 14.7. The predicted molar refractivity (Wildman–Crippen MR) is 82.5 cm³/mol. The number of aromatic nitrogens is 1. The van der Waals surface area contributed by atoms with Crippen molar-refractivity contribution in [3.63, 3.8) is 0 Å². The fraction of sp³-hybridized carbons (Fsp3) is 0.353. The Morgan fingerprint density at radius 3 is 2.40 bits per heavy atom. The Kier molecular flexibility index (Phi) is 4.40. The summed E-state index contributed by atoms with van der Waals surface area (Å²) in [5.74, 6) is 1.60. The van der Waals surface area contributed by atoms with Gasteiger partial charge >= 0.3 is 0 Å². The molecule has 3 heteroatoms. The van der Waals surface area contributed by atoms with Gasteiger partial charge in [0.2, 0.25) is 5.88 Å². The molecule has 106 valence electrons. The van der Waals surface area contributed by atoms with Crippen LogP contribution in [0.5, 0.6) is 11.6 Å². The van der Waals surface area contributed by atoms with E-state index in [4.69, 9.17) is 4.74 Å². The number of hydrogen-bond donors (Lipinski definition) is 1. The highest BCUT2D eigenvalue weighted by Crippen LogP contribution is 2.31. The largest absolute Gasteiger partial charge is 0.438 e. The maximum absolute atomic E-state index is 6.05. The van der Waals surface area contributed by atoms with Crippen LogP contribution in [0.15, 0.2) is 24.4 Å². The van der Waals surface area contributed by atoms with Crippen LogP contribution in [0.2, 0.25) is 0 Å². The number of pyridine rings is 1. The number of nitrogens with zero attached hydrogens (tertiary/aromatic N) is 1. The predicted octanol–water partition coefficient (Wildman–Crippen LogP) is 3.83. The van der Waals surface area contributed by atoms with Gasteiger partial charge in [0.25, 0.3) is 0 Å². The Morgan fingerprint density at radius 1 is 1.05 bits per heavy atom. The van der Waals surface area contributed by atoms with Crippen LogP contribution >= 0.6 is 0 Å². The van der Waals surface area contributed by atoms with Crippen molar-refractivity contribution in [3.05, 3.63) is 52.2 Å². The fourth-order valence-electron chi connectivity index (χ4n) is 2.21. The summed E-state index contributed by atoms with van der Waals surface area (Å²) in [4.78, 5) is 4.44. The first-order chi connectivity index (χ1) is 9.52. The van der Waals surface area contributed by atoms with E-state index in [2.05, 4.69) is 49.3 Å². The number of ether oxygens (including phenoxy) is 1. The van der Waals surface area contributed by atoms with Crippen molar-refractivity contribution in [1.29, 1.82) is 0 Å². The van der Waals surface area contributed by atoms with Crippen LogP contribution in [0.1, 0.15) is 27.8 Å². The van der Waals surface area contributed by atoms with Crippen LogP contribution in [0.3, 0.4) is 0 Å². The third-order valence-corrected chi connectivity index (χ3v) is 3.54. The van der Waals surface area contributed by atoms with E-state index in [9.17, 15) is 0 Å². The molecule has 1 heterocycles. The second-order valence-corrected chi connectivity index (χ2v) is 5.25. The van der Waals surface area contributed by atoms with Crippen LogP contribution in [-0.4, -0.2) is 12.0 Å². The van der Waals surface area contributed by atoms with Gasteiger partial charge in [0.05, 0.1) is 0 Å². The molecule has 0 spiro atoms. The number of rotatable bonds is 4. The van der Waals surface area contributed by atoms with Gasteiger partial charge in [-0.15, -0.1) is 0 Å². The van der Waals surface area contributed by atoms with Crippen molar-refractivity contribution < 1.29 is 4.74 Å². The first kappa shape index (κ1) is 14.5. The van der Waals surface area contributed by atoms with Crippen molar-refractivity contribution in [2.75, 3.05) is 7.05 Å². The van der Waals surface area contributed by atoms with Gasteiger partial charge in [-0.1, -0.05) is 12.1 Å². The average Bonchev–Trinajstić information content (AvgIpc) is 2.42. The van der Waals surface area contributed by atoms with Crippen LogP contribution in [0, 0.1) is 27.7 Å². The van der Waals surface area contributed by atoms with Crippen LogP contribution in [0.25, 0.3) is 0 Å². The molecule has 2 aromatic rings. The van der Waals surface area contributed by atoms with Gasteiger partial charge in [0, 0.05) is 18.3 Å². The Morgan fingerprint density at radius 2 is 1.75 bits per heavy atom. The fourth-order valence-corrected chi connectivity index (χ4v) is 2.21. The molecule has 0 fully saturated rings. The summed E-state index contributed by atoms with van der Waals surface area (Å²) in [6.45, 7) is 9.09. The topological polar surface area (TPSA) is 34.2 Å². The van der Waals surface area contributed by atoms with E-state index in [1.165, 1.54) is 11.1 Å². The molecule has 0 bridgehead atoms. The minimum atomic E-state index is 0.682. The highest BCUT2D eigenvalue weighted by molar-refractivity contribution is 5.47. The van der Waals surface area contributed by atoms with E-state index in [0.29, 0.717) is 5.88 Å². The van der Waals surface area contributed by atoms with Crippen molar-refractivity contribution in [1.82, 2.24) is 10.3 Å². The summed E-state index contributed by atoms with van der Waals surface area (Å²) in [7, 11) is 1.93. The standard InChI is InChI=1S/C17H22N2O/c1-11-6-7-12(2)16(14(11)4)20-17-13(3)8-15(9-18-5)10-19-17/h6-8,10,18H,9H2,1-5H3. The first-order valence-corrected chi connectivity index (χ1v) is 6.87. The zero-order valence-electron chi connectivity index (χ0n) is 12.9. The number of nitrogens with one attached hydrogen (secondary N) is 1. The van der Waals surface area contributed by atoms with E-state index in [0.717, 1.165) is 29.0 Å². The molecule has 0 atom stereocenters. The lowest BCUT2D eigenvalue weighted by molar-refractivity contribution is 0.451. The second kappa shape index (κ2) is 6.06. The third kappa shape index (κ3) is 2.99. The Hall–Kier alpha value is -1.87. The second-order valence-electron chi connectivity index (χ2n) is 5.25. The molecule has 0 saturated carbocycles. The number of hydrogen-bond acceptors (Lipinski definition) is 3. The van der Waals surface area contributed by atoms with Gasteiger partial charge in [0.1, 0.15) is 5.75 Å². The van der Waals surface area contributed by atoms with Crippen molar-refractivity contribution >= 4 is 0 Å². The van der Waals surface area contributed by atoms with Crippen molar-refractivity contribution in [2.24, 2.45) is 0 Å². The van der Waals surface area contributed by atoms with Gasteiger partial charge in [-0.3, -0.25) is 0 Å². The van der Waals surface area contributed by atoms with Gasteiger partial charge in [-0.05, 0) is 63.1 Å². The maximum atomic E-state index is 6.05. The monoisotopic (exact) mass is 270 g/mol. The molecule has 0 aliphatic heterocycles.